The molecule has 3 N–H and O–H groups in total. The van der Waals surface area contributed by atoms with Crippen LogP contribution in [-0.2, 0) is 28.9 Å². The molecule has 2 saturated carbocycles. The van der Waals surface area contributed by atoms with Gasteiger partial charge in [0.15, 0.2) is 15.7 Å². The van der Waals surface area contributed by atoms with E-state index in [0.717, 1.165) is 19.0 Å². The van der Waals surface area contributed by atoms with Gasteiger partial charge in [-0.1, -0.05) is 0 Å². The number of pyridine rings is 1. The lowest BCUT2D eigenvalue weighted by atomic mass is 10.00. The van der Waals surface area contributed by atoms with Gasteiger partial charge in [0.25, 0.3) is 0 Å². The van der Waals surface area contributed by atoms with Gasteiger partial charge in [0.2, 0.25) is 5.03 Å². The number of halogens is 4. The summed E-state index contributed by atoms with van der Waals surface area (Å²) in [5.74, 6) is -1.34. The van der Waals surface area contributed by atoms with E-state index < -0.39 is 38.7 Å². The predicted molar refractivity (Wildman–Crippen MR) is 106 cm³/mol. The molecule has 13 heteroatoms. The number of carbonyl (C=O) groups is 1. The Bertz CT molecular complexity index is 1240. The summed E-state index contributed by atoms with van der Waals surface area (Å²) in [6.07, 6.45) is 0.448. The lowest BCUT2D eigenvalue weighted by molar-refractivity contribution is -0.141. The number of alkyl halides is 3. The lowest BCUT2D eigenvalue weighted by Gasteiger charge is -2.19. The minimum Gasteiger partial charge on any atom is -0.305 e. The van der Waals surface area contributed by atoms with Crippen molar-refractivity contribution < 1.29 is 26.6 Å². The topological polar surface area (TPSA) is 115 Å². The van der Waals surface area contributed by atoms with Crippen LogP contribution in [0.15, 0.2) is 15.6 Å². The number of urea groups is 1. The van der Waals surface area contributed by atoms with Crippen LogP contribution < -0.4 is 10.5 Å². The van der Waals surface area contributed by atoms with Crippen LogP contribution in [0.25, 0.3) is 0 Å². The number of nitrogens with two attached hydrogens (primary N) is 1. The Hall–Kier alpha value is -2.54. The summed E-state index contributed by atoms with van der Waals surface area (Å²) in [5, 5.41) is 11.2. The van der Waals surface area contributed by atoms with Gasteiger partial charge in [-0.3, -0.25) is 4.68 Å². The SMILES string of the molecule is NS(=O)(=NC(=O)Nc1c2c(nc(C(F)(F)F)c1C1CC1)CCC2)c1nn(C2CC2)cc1F. The highest BCUT2D eigenvalue weighted by Crippen LogP contribution is 2.50. The number of hydrogen-bond donors (Lipinski definition) is 2. The van der Waals surface area contributed by atoms with E-state index in [-0.39, 0.29) is 28.9 Å². The average Bonchev–Trinajstić information content (AvgIpc) is 3.61. The van der Waals surface area contributed by atoms with Crippen LogP contribution in [-0.4, -0.2) is 25.0 Å². The van der Waals surface area contributed by atoms with Crippen LogP contribution in [0.2, 0.25) is 0 Å². The minimum atomic E-state index is -4.69. The molecule has 5 rings (SSSR count). The Morgan fingerprint density at radius 1 is 1.25 bits per heavy atom. The zero-order valence-electron chi connectivity index (χ0n) is 16.8. The second-order valence-corrected chi connectivity index (χ2v) is 10.1. The molecule has 0 spiro atoms. The molecule has 2 heterocycles. The number of aromatic nitrogens is 3. The predicted octanol–water partition coefficient (Wildman–Crippen LogP) is 4.07. The Morgan fingerprint density at radius 2 is 1.97 bits per heavy atom. The van der Waals surface area contributed by atoms with E-state index in [4.69, 9.17) is 5.14 Å². The molecule has 2 aromatic rings. The van der Waals surface area contributed by atoms with Crippen LogP contribution in [0.4, 0.5) is 28.0 Å². The highest BCUT2D eigenvalue weighted by atomic mass is 32.2. The molecular formula is C19H20F4N6O2S. The molecule has 8 nitrogen and oxygen atoms in total. The largest absolute Gasteiger partial charge is 0.433 e. The van der Waals surface area contributed by atoms with Gasteiger partial charge in [0.05, 0.1) is 17.9 Å². The zero-order chi connectivity index (χ0) is 22.8. The number of anilines is 1. The molecule has 2 aromatic heterocycles. The summed E-state index contributed by atoms with van der Waals surface area (Å²) in [6.45, 7) is 0. The fraction of sp³-hybridized carbons (Fsp3) is 0.526. The highest BCUT2D eigenvalue weighted by molar-refractivity contribution is 7.91. The first-order chi connectivity index (χ1) is 15.0. The van der Waals surface area contributed by atoms with Crippen LogP contribution in [0.1, 0.15) is 66.6 Å². The van der Waals surface area contributed by atoms with Gasteiger partial charge in [-0.25, -0.2) is 23.5 Å². The molecule has 2 amide bonds. The zero-order valence-corrected chi connectivity index (χ0v) is 17.6. The molecule has 1 atom stereocenters. The van der Waals surface area contributed by atoms with Gasteiger partial charge in [0, 0.05) is 11.3 Å². The van der Waals surface area contributed by atoms with Crippen molar-refractivity contribution >= 4 is 21.6 Å². The summed E-state index contributed by atoms with van der Waals surface area (Å²) in [4.78, 5) is 16.5. The third kappa shape index (κ3) is 3.87. The van der Waals surface area contributed by atoms with Crippen LogP contribution in [0, 0.1) is 5.82 Å². The van der Waals surface area contributed by atoms with E-state index in [1.54, 1.807) is 0 Å². The molecule has 0 aromatic carbocycles. The molecule has 0 saturated heterocycles. The number of fused-ring (bicyclic) bond motifs is 1. The summed E-state index contributed by atoms with van der Waals surface area (Å²) < 4.78 is 72.9. The summed E-state index contributed by atoms with van der Waals surface area (Å²) in [7, 11) is -4.05. The molecule has 2 fully saturated rings. The van der Waals surface area contributed by atoms with Crippen LogP contribution in [0.3, 0.4) is 0 Å². The molecule has 1 unspecified atom stereocenters. The number of rotatable bonds is 4. The summed E-state index contributed by atoms with van der Waals surface area (Å²) in [6, 6.07) is -1.23. The first-order valence-electron chi connectivity index (χ1n) is 10.3. The van der Waals surface area contributed by atoms with Crippen molar-refractivity contribution in [1.82, 2.24) is 14.8 Å². The average molecular weight is 472 g/mol. The van der Waals surface area contributed by atoms with Crippen molar-refractivity contribution in [3.63, 3.8) is 0 Å². The molecule has 3 aliphatic carbocycles. The second-order valence-electron chi connectivity index (χ2n) is 8.38. The number of aryl methyl sites for hydroxylation is 1. The highest BCUT2D eigenvalue weighted by Gasteiger charge is 2.43. The van der Waals surface area contributed by atoms with Gasteiger partial charge in [-0.15, -0.1) is 4.36 Å². The van der Waals surface area contributed by atoms with Gasteiger partial charge in [-0.05, 0) is 56.4 Å². The monoisotopic (exact) mass is 472 g/mol. The molecule has 0 bridgehead atoms. The fourth-order valence-electron chi connectivity index (χ4n) is 4.10. The maximum absolute atomic E-state index is 14.2. The van der Waals surface area contributed by atoms with E-state index in [9.17, 15) is 26.6 Å². The van der Waals surface area contributed by atoms with Crippen molar-refractivity contribution in [3.05, 3.63) is 34.5 Å². The van der Waals surface area contributed by atoms with E-state index in [0.29, 0.717) is 37.7 Å². The Kier molecular flexibility index (Phi) is 4.82. The Morgan fingerprint density at radius 3 is 2.59 bits per heavy atom. The molecule has 0 radical (unpaired) electrons. The van der Waals surface area contributed by atoms with Crippen LogP contribution in [0.5, 0.6) is 0 Å². The third-order valence-corrected chi connectivity index (χ3v) is 7.09. The quantitative estimate of drug-likeness (QED) is 0.653. The Labute approximate surface area is 180 Å². The van der Waals surface area contributed by atoms with Crippen molar-refractivity contribution in [3.8, 4) is 0 Å². The van der Waals surface area contributed by atoms with E-state index >= 15 is 0 Å². The molecule has 3 aliphatic rings. The fourth-order valence-corrected chi connectivity index (χ4v) is 5.02. The lowest BCUT2D eigenvalue weighted by Crippen LogP contribution is -2.22. The number of hydrogen-bond acceptors (Lipinski definition) is 4. The molecule has 32 heavy (non-hydrogen) atoms. The third-order valence-electron chi connectivity index (χ3n) is 5.82. The van der Waals surface area contributed by atoms with Gasteiger partial charge < -0.3 is 5.32 Å². The van der Waals surface area contributed by atoms with Crippen molar-refractivity contribution in [2.75, 3.05) is 5.32 Å². The standard InChI is InChI=1S/C19H20F4N6O2S/c20-12-8-29(10-6-7-10)27-17(12)32(24,31)28-18(30)26-15-11-2-1-3-13(11)25-16(19(21,22)23)14(15)9-4-5-9/h8-10H,1-7H2,(H3,24,25,26,28,30,31). The Balaban J connectivity index is 1.53. The summed E-state index contributed by atoms with van der Waals surface area (Å²) >= 11 is 0. The summed E-state index contributed by atoms with van der Waals surface area (Å²) in [5.41, 5.74) is -0.279. The number of nitrogens with one attached hydrogen (secondary N) is 1. The maximum Gasteiger partial charge on any atom is 0.433 e. The number of amides is 2. The minimum absolute atomic E-state index is 0.00950. The normalized spacial score (nSPS) is 20.0. The van der Waals surface area contributed by atoms with E-state index in [2.05, 4.69) is 19.8 Å². The van der Waals surface area contributed by atoms with Crippen molar-refractivity contribution in [2.24, 2.45) is 9.50 Å². The number of nitrogens with zero attached hydrogens (tertiary/aromatic N) is 4. The van der Waals surface area contributed by atoms with Crippen molar-refractivity contribution in [1.29, 1.82) is 0 Å². The first-order valence-corrected chi connectivity index (χ1v) is 11.9. The van der Waals surface area contributed by atoms with Gasteiger partial charge in [0.1, 0.15) is 5.69 Å². The van der Waals surface area contributed by atoms with E-state index in [1.807, 2.05) is 0 Å². The van der Waals surface area contributed by atoms with Gasteiger partial charge >= 0.3 is 12.2 Å². The first kappa shape index (κ1) is 21.3. The molecule has 0 aliphatic heterocycles. The smallest absolute Gasteiger partial charge is 0.305 e. The van der Waals surface area contributed by atoms with Crippen LogP contribution >= 0.6 is 0 Å². The maximum atomic E-state index is 14.2. The van der Waals surface area contributed by atoms with E-state index in [1.165, 1.54) is 4.68 Å². The van der Waals surface area contributed by atoms with Gasteiger partial charge in [-0.2, -0.15) is 18.3 Å². The molecular weight excluding hydrogens is 452 g/mol. The molecule has 172 valence electrons. The second kappa shape index (κ2) is 7.24. The number of carbonyl (C=O) groups excluding carboxylic acids is 1. The van der Waals surface area contributed by atoms with Crippen molar-refractivity contribution in [2.45, 2.75) is 68.1 Å².